The highest BCUT2D eigenvalue weighted by Gasteiger charge is 2.37. The number of benzene rings is 1. The molecule has 0 bridgehead atoms. The molecule has 2 aliphatic heterocycles. The van der Waals surface area contributed by atoms with Crippen LogP contribution in [0.2, 0.25) is 0 Å². The molecule has 1 aromatic rings. The van der Waals surface area contributed by atoms with Crippen LogP contribution in [0.25, 0.3) is 0 Å². The fourth-order valence-electron chi connectivity index (χ4n) is 2.78. The predicted molar refractivity (Wildman–Crippen MR) is 71.4 cm³/mol. The van der Waals surface area contributed by atoms with Gasteiger partial charge in [0.05, 0.1) is 0 Å². The molecule has 4 heteroatoms. The molecule has 19 heavy (non-hydrogen) atoms. The normalized spacial score (nSPS) is 22.5. The highest BCUT2D eigenvalue weighted by molar-refractivity contribution is 6.01. The van der Waals surface area contributed by atoms with Gasteiger partial charge in [0.1, 0.15) is 6.04 Å². The molecule has 0 aromatic heterocycles. The van der Waals surface area contributed by atoms with E-state index >= 15 is 0 Å². The zero-order valence-electron chi connectivity index (χ0n) is 10.9. The first-order valence-electron chi connectivity index (χ1n) is 6.45. The largest absolute Gasteiger partial charge is 0.329 e. The summed E-state index contributed by atoms with van der Waals surface area (Å²) in [5.41, 5.74) is 3.61. The van der Waals surface area contributed by atoms with E-state index in [0.717, 1.165) is 28.8 Å². The van der Waals surface area contributed by atoms with Gasteiger partial charge in [0.2, 0.25) is 5.91 Å². The minimum absolute atomic E-state index is 0.0392. The number of carbonyl (C=O) groups is 2. The lowest BCUT2D eigenvalue weighted by Gasteiger charge is -2.30. The van der Waals surface area contributed by atoms with E-state index < -0.39 is 0 Å². The van der Waals surface area contributed by atoms with Gasteiger partial charge in [0, 0.05) is 17.8 Å². The van der Waals surface area contributed by atoms with Crippen LogP contribution in [0.1, 0.15) is 34.3 Å². The highest BCUT2D eigenvalue weighted by Crippen LogP contribution is 2.28. The molecule has 1 atom stereocenters. The van der Waals surface area contributed by atoms with Gasteiger partial charge in [-0.3, -0.25) is 9.59 Å². The van der Waals surface area contributed by atoms with Gasteiger partial charge < -0.3 is 10.2 Å². The van der Waals surface area contributed by atoms with Crippen LogP contribution in [0.3, 0.4) is 0 Å². The first-order valence-corrected chi connectivity index (χ1v) is 6.45. The minimum Gasteiger partial charge on any atom is -0.329 e. The summed E-state index contributed by atoms with van der Waals surface area (Å²) in [6.45, 7) is 6.29. The van der Waals surface area contributed by atoms with Gasteiger partial charge >= 0.3 is 0 Å². The van der Waals surface area contributed by atoms with Crippen LogP contribution >= 0.6 is 0 Å². The number of rotatable bonds is 1. The minimum atomic E-state index is -0.370. The smallest absolute Gasteiger partial charge is 0.255 e. The summed E-state index contributed by atoms with van der Waals surface area (Å²) in [7, 11) is 0. The van der Waals surface area contributed by atoms with Crippen molar-refractivity contribution in [3.63, 3.8) is 0 Å². The molecule has 2 heterocycles. The quantitative estimate of drug-likeness (QED) is 0.832. The number of allylic oxidation sites excluding steroid dienone is 1. The zero-order chi connectivity index (χ0) is 13.6. The molecule has 3 rings (SSSR count). The second-order valence-electron chi connectivity index (χ2n) is 5.24. The maximum atomic E-state index is 12.4. The maximum Gasteiger partial charge on any atom is 0.255 e. The van der Waals surface area contributed by atoms with Crippen molar-refractivity contribution in [3.8, 4) is 0 Å². The van der Waals surface area contributed by atoms with Gasteiger partial charge in [-0.05, 0) is 31.4 Å². The molecule has 1 fully saturated rings. The second-order valence-corrected chi connectivity index (χ2v) is 5.24. The molecule has 0 aliphatic carbocycles. The third-order valence-electron chi connectivity index (χ3n) is 3.79. The third kappa shape index (κ3) is 1.93. The monoisotopic (exact) mass is 256 g/mol. The number of nitrogens with zero attached hydrogens (tertiary/aromatic N) is 1. The van der Waals surface area contributed by atoms with E-state index in [0.29, 0.717) is 13.0 Å². The zero-order valence-corrected chi connectivity index (χ0v) is 10.9. The molecule has 98 valence electrons. The van der Waals surface area contributed by atoms with Crippen LogP contribution < -0.4 is 5.32 Å². The summed E-state index contributed by atoms with van der Waals surface area (Å²) in [5.74, 6) is -0.156. The van der Waals surface area contributed by atoms with Crippen LogP contribution in [0.5, 0.6) is 0 Å². The summed E-state index contributed by atoms with van der Waals surface area (Å²) < 4.78 is 0. The van der Waals surface area contributed by atoms with E-state index in [1.807, 2.05) is 25.1 Å². The average molecular weight is 256 g/mol. The third-order valence-corrected chi connectivity index (χ3v) is 3.79. The molecule has 1 unspecified atom stereocenters. The van der Waals surface area contributed by atoms with Gasteiger partial charge in [-0.15, -0.1) is 0 Å². The molecule has 2 amide bonds. The van der Waals surface area contributed by atoms with E-state index in [-0.39, 0.29) is 17.9 Å². The van der Waals surface area contributed by atoms with Gasteiger partial charge in [0.15, 0.2) is 0 Å². The van der Waals surface area contributed by atoms with Crippen molar-refractivity contribution in [1.29, 1.82) is 0 Å². The number of nitrogens with one attached hydrogen (secondary N) is 1. The Labute approximate surface area is 112 Å². The molecule has 2 aliphatic rings. The first kappa shape index (κ1) is 12.0. The van der Waals surface area contributed by atoms with Crippen molar-refractivity contribution >= 4 is 11.8 Å². The number of fused-ring (bicyclic) bond motifs is 1. The summed E-state index contributed by atoms with van der Waals surface area (Å²) in [5, 5.41) is 2.74. The Balaban J connectivity index is 1.87. The van der Waals surface area contributed by atoms with E-state index in [9.17, 15) is 9.59 Å². The topological polar surface area (TPSA) is 49.4 Å². The molecule has 0 radical (unpaired) electrons. The van der Waals surface area contributed by atoms with Crippen molar-refractivity contribution in [1.82, 2.24) is 10.2 Å². The van der Waals surface area contributed by atoms with Crippen LogP contribution in [-0.2, 0) is 11.3 Å². The number of carbonyl (C=O) groups excluding carboxylic acids is 2. The van der Waals surface area contributed by atoms with Crippen LogP contribution in [0.15, 0.2) is 30.5 Å². The van der Waals surface area contributed by atoms with E-state index in [1.165, 1.54) is 0 Å². The second kappa shape index (κ2) is 4.23. The summed E-state index contributed by atoms with van der Waals surface area (Å²) in [6, 6.07) is 5.44. The van der Waals surface area contributed by atoms with Crippen LogP contribution in [-0.4, -0.2) is 22.8 Å². The summed E-state index contributed by atoms with van der Waals surface area (Å²) in [4.78, 5) is 26.0. The van der Waals surface area contributed by atoms with Gasteiger partial charge in [-0.2, -0.15) is 0 Å². The molecule has 1 saturated heterocycles. The fourth-order valence-corrected chi connectivity index (χ4v) is 2.78. The molecular formula is C15H16N2O2. The number of hydrogen-bond donors (Lipinski definition) is 1. The SMILES string of the molecule is C=C1CCC(N2Cc3cc(C)ccc3C2=O)C(=O)N1. The van der Waals surface area contributed by atoms with Gasteiger partial charge in [-0.25, -0.2) is 0 Å². The lowest BCUT2D eigenvalue weighted by atomic mass is 10.0. The van der Waals surface area contributed by atoms with Crippen LogP contribution in [0.4, 0.5) is 0 Å². The Morgan fingerprint density at radius 2 is 2.16 bits per heavy atom. The fraction of sp³-hybridized carbons (Fsp3) is 0.333. The van der Waals surface area contributed by atoms with E-state index in [1.54, 1.807) is 4.90 Å². The van der Waals surface area contributed by atoms with Crippen molar-refractivity contribution in [2.24, 2.45) is 0 Å². The van der Waals surface area contributed by atoms with E-state index in [2.05, 4.69) is 11.9 Å². The lowest BCUT2D eigenvalue weighted by Crippen LogP contribution is -2.49. The van der Waals surface area contributed by atoms with Gasteiger partial charge in [0.25, 0.3) is 5.91 Å². The van der Waals surface area contributed by atoms with Crippen molar-refractivity contribution in [3.05, 3.63) is 47.2 Å². The molecule has 4 nitrogen and oxygen atoms in total. The Bertz CT molecular complexity index is 592. The number of hydrogen-bond acceptors (Lipinski definition) is 2. The molecule has 0 saturated carbocycles. The Morgan fingerprint density at radius 1 is 1.37 bits per heavy atom. The number of piperidine rings is 1. The molecular weight excluding hydrogens is 240 g/mol. The Morgan fingerprint density at radius 3 is 2.89 bits per heavy atom. The van der Waals surface area contributed by atoms with E-state index in [4.69, 9.17) is 0 Å². The maximum absolute atomic E-state index is 12.4. The summed E-state index contributed by atoms with van der Waals surface area (Å²) >= 11 is 0. The molecule has 0 spiro atoms. The van der Waals surface area contributed by atoms with Crippen molar-refractivity contribution in [2.75, 3.05) is 0 Å². The number of aryl methyl sites for hydroxylation is 1. The predicted octanol–water partition coefficient (Wildman–Crippen LogP) is 1.74. The first-order chi connectivity index (χ1) is 9.06. The molecule has 1 N–H and O–H groups in total. The Hall–Kier alpha value is -2.10. The lowest BCUT2D eigenvalue weighted by molar-refractivity contribution is -0.126. The van der Waals surface area contributed by atoms with Crippen molar-refractivity contribution < 1.29 is 9.59 Å². The molecule has 1 aromatic carbocycles. The standard InChI is InChI=1S/C15H16N2O2/c1-9-3-5-12-11(7-9)8-17(15(12)19)13-6-4-10(2)16-14(13)18/h3,5,7,13H,2,4,6,8H2,1H3,(H,16,18). The summed E-state index contributed by atoms with van der Waals surface area (Å²) in [6.07, 6.45) is 1.39. The highest BCUT2D eigenvalue weighted by atomic mass is 16.2. The Kier molecular flexibility index (Phi) is 2.66. The van der Waals surface area contributed by atoms with Crippen LogP contribution in [0, 0.1) is 6.92 Å². The number of amides is 2. The average Bonchev–Trinajstić information content (AvgIpc) is 2.66. The van der Waals surface area contributed by atoms with Gasteiger partial charge in [-0.1, -0.05) is 24.3 Å². The van der Waals surface area contributed by atoms with Crippen molar-refractivity contribution in [2.45, 2.75) is 32.4 Å².